The first-order chi connectivity index (χ1) is 23.6. The lowest BCUT2D eigenvalue weighted by Crippen LogP contribution is -2.54. The summed E-state index contributed by atoms with van der Waals surface area (Å²) in [7, 11) is 0. The molecule has 0 bridgehead atoms. The molecule has 3 amide bonds. The lowest BCUT2D eigenvalue weighted by atomic mass is 10.0. The molecule has 3 aromatic rings. The van der Waals surface area contributed by atoms with Crippen molar-refractivity contribution in [2.75, 3.05) is 32.7 Å². The second kappa shape index (κ2) is 18.1. The van der Waals surface area contributed by atoms with Gasteiger partial charge in [-0.2, -0.15) is 0 Å². The molecule has 3 aromatic carbocycles. The molecular formula is C36H47N9O4. The van der Waals surface area contributed by atoms with E-state index in [-0.39, 0.29) is 61.3 Å². The van der Waals surface area contributed by atoms with Crippen molar-refractivity contribution in [1.82, 2.24) is 15.1 Å². The molecule has 1 heterocycles. The maximum absolute atomic E-state index is 14.1. The topological polar surface area (TPSA) is 219 Å². The highest BCUT2D eigenvalue weighted by atomic mass is 16.3. The summed E-state index contributed by atoms with van der Waals surface area (Å²) in [4.78, 5) is 53.1. The van der Waals surface area contributed by atoms with Gasteiger partial charge in [0, 0.05) is 38.8 Å². The second-order valence-electron chi connectivity index (χ2n) is 12.1. The maximum atomic E-state index is 14.1. The number of phenols is 1. The van der Waals surface area contributed by atoms with E-state index in [1.54, 1.807) is 21.9 Å². The van der Waals surface area contributed by atoms with Crippen LogP contribution in [-0.4, -0.2) is 89.4 Å². The first-order valence-electron chi connectivity index (χ1n) is 16.5. The predicted octanol–water partition coefficient (Wildman–Crippen LogP) is 1.52. The van der Waals surface area contributed by atoms with Crippen LogP contribution in [0.3, 0.4) is 0 Å². The van der Waals surface area contributed by atoms with Crippen LogP contribution in [0.4, 0.5) is 0 Å². The molecule has 0 radical (unpaired) electrons. The zero-order valence-corrected chi connectivity index (χ0v) is 27.7. The monoisotopic (exact) mass is 669 g/mol. The summed E-state index contributed by atoms with van der Waals surface area (Å²) in [6.45, 7) is 1.35. The highest BCUT2D eigenvalue weighted by Crippen LogP contribution is 2.19. The Morgan fingerprint density at radius 3 is 2.08 bits per heavy atom. The third-order valence-corrected chi connectivity index (χ3v) is 8.33. The predicted molar refractivity (Wildman–Crippen MR) is 192 cm³/mol. The second-order valence-corrected chi connectivity index (χ2v) is 12.1. The first-order valence-corrected chi connectivity index (χ1v) is 16.5. The van der Waals surface area contributed by atoms with Gasteiger partial charge in [-0.3, -0.25) is 24.4 Å². The number of hydrogen-bond acceptors (Lipinski definition) is 6. The molecule has 13 heteroatoms. The summed E-state index contributed by atoms with van der Waals surface area (Å²) in [5.74, 6) is -0.664. The van der Waals surface area contributed by atoms with Gasteiger partial charge in [0.1, 0.15) is 11.8 Å². The number of aromatic hydroxyl groups is 1. The SMILES string of the molecule is NC(N)=NCCCC1CN(C(=O)Cc2ccc3ccccc3c2)C/C=C\CN(C(=O)Cc2ccc(O)cc2)[C@H](CCCN=C(N)N)C(=O)N1. The molecule has 0 aliphatic carbocycles. The van der Waals surface area contributed by atoms with E-state index < -0.39 is 12.1 Å². The number of benzene rings is 3. The third kappa shape index (κ3) is 11.6. The normalized spacial score (nSPS) is 17.4. The van der Waals surface area contributed by atoms with E-state index in [9.17, 15) is 19.5 Å². The minimum Gasteiger partial charge on any atom is -0.508 e. The first kappa shape index (κ1) is 36.2. The number of fused-ring (bicyclic) bond motifs is 1. The van der Waals surface area contributed by atoms with Crippen molar-refractivity contribution in [3.05, 3.63) is 90.0 Å². The number of guanidine groups is 2. The van der Waals surface area contributed by atoms with Gasteiger partial charge >= 0.3 is 0 Å². The molecule has 260 valence electrons. The van der Waals surface area contributed by atoms with Gasteiger partial charge in [0.05, 0.1) is 12.8 Å². The molecule has 13 nitrogen and oxygen atoms in total. The van der Waals surface area contributed by atoms with Gasteiger partial charge in [0.25, 0.3) is 0 Å². The average Bonchev–Trinajstić information content (AvgIpc) is 3.09. The smallest absolute Gasteiger partial charge is 0.243 e. The van der Waals surface area contributed by atoms with Gasteiger partial charge in [-0.15, -0.1) is 0 Å². The Morgan fingerprint density at radius 1 is 0.776 bits per heavy atom. The van der Waals surface area contributed by atoms with E-state index in [2.05, 4.69) is 15.3 Å². The third-order valence-electron chi connectivity index (χ3n) is 8.33. The number of phenolic OH excluding ortho intramolecular Hbond substituents is 1. The highest BCUT2D eigenvalue weighted by Gasteiger charge is 2.31. The summed E-state index contributed by atoms with van der Waals surface area (Å²) in [5, 5.41) is 15.0. The Balaban J connectivity index is 1.60. The standard InChI is InChI=1S/C36H47N9O4/c37-35(38)41-17-5-9-29-24-44(32(47)23-26-11-14-27-7-1-2-8-28(27)21-26)19-3-4-20-45(33(48)22-25-12-15-30(46)16-13-25)31(34(49)43-29)10-6-18-42-36(39)40/h1-4,7-8,11-16,21,29,31,46H,5-6,9-10,17-20,22-24H2,(H,43,49)(H4,37,38,41)(H4,39,40,42)/b4-3-/t29?,31-/m1/s1. The summed E-state index contributed by atoms with van der Waals surface area (Å²) >= 11 is 0. The van der Waals surface area contributed by atoms with Crippen molar-refractivity contribution < 1.29 is 19.5 Å². The van der Waals surface area contributed by atoms with Gasteiger partial charge in [-0.1, -0.05) is 66.7 Å². The van der Waals surface area contributed by atoms with E-state index in [0.717, 1.165) is 16.3 Å². The largest absolute Gasteiger partial charge is 0.508 e. The molecule has 2 atom stereocenters. The fourth-order valence-corrected chi connectivity index (χ4v) is 5.84. The highest BCUT2D eigenvalue weighted by molar-refractivity contribution is 5.89. The molecule has 1 aliphatic rings. The number of carbonyl (C=O) groups excluding carboxylic acids is 3. The minimum atomic E-state index is -0.830. The summed E-state index contributed by atoms with van der Waals surface area (Å²) < 4.78 is 0. The van der Waals surface area contributed by atoms with E-state index in [0.29, 0.717) is 50.9 Å². The van der Waals surface area contributed by atoms with Gasteiger partial charge in [0.15, 0.2) is 11.9 Å². The number of nitrogens with one attached hydrogen (secondary N) is 1. The number of nitrogens with zero attached hydrogens (tertiary/aromatic N) is 4. The summed E-state index contributed by atoms with van der Waals surface area (Å²) in [5.41, 5.74) is 23.7. The van der Waals surface area contributed by atoms with Crippen molar-refractivity contribution in [3.63, 3.8) is 0 Å². The molecule has 0 saturated carbocycles. The van der Waals surface area contributed by atoms with E-state index >= 15 is 0 Å². The number of hydrogen-bond donors (Lipinski definition) is 6. The van der Waals surface area contributed by atoms with Crippen molar-refractivity contribution in [2.45, 2.75) is 50.6 Å². The van der Waals surface area contributed by atoms with E-state index in [1.807, 2.05) is 54.6 Å². The molecule has 1 aliphatic heterocycles. The lowest BCUT2D eigenvalue weighted by Gasteiger charge is -2.32. The van der Waals surface area contributed by atoms with Crippen molar-refractivity contribution in [1.29, 1.82) is 0 Å². The van der Waals surface area contributed by atoms with Crippen LogP contribution in [0.1, 0.15) is 36.8 Å². The van der Waals surface area contributed by atoms with Gasteiger partial charge in [-0.25, -0.2) is 0 Å². The molecule has 0 fully saturated rings. The number of rotatable bonds is 12. The van der Waals surface area contributed by atoms with Crippen LogP contribution in [0.5, 0.6) is 5.75 Å². The quantitative estimate of drug-likeness (QED) is 0.0717. The molecule has 0 spiro atoms. The molecule has 10 N–H and O–H groups in total. The zero-order valence-electron chi connectivity index (χ0n) is 27.7. The fourth-order valence-electron chi connectivity index (χ4n) is 5.84. The Morgan fingerprint density at radius 2 is 1.39 bits per heavy atom. The Hall–Kier alpha value is -5.59. The Labute approximate surface area is 286 Å². The number of amides is 3. The van der Waals surface area contributed by atoms with Crippen LogP contribution >= 0.6 is 0 Å². The number of aliphatic imine (C=N–C) groups is 2. The Kier molecular flexibility index (Phi) is 13.4. The molecule has 0 aromatic heterocycles. The molecule has 49 heavy (non-hydrogen) atoms. The fraction of sp³-hybridized carbons (Fsp3) is 0.361. The molecular weight excluding hydrogens is 622 g/mol. The average molecular weight is 670 g/mol. The zero-order chi connectivity index (χ0) is 35.2. The number of carbonyl (C=O) groups is 3. The molecule has 4 rings (SSSR count). The van der Waals surface area contributed by atoms with E-state index in [4.69, 9.17) is 22.9 Å². The van der Waals surface area contributed by atoms with Crippen LogP contribution in [0, 0.1) is 0 Å². The molecule has 0 saturated heterocycles. The van der Waals surface area contributed by atoms with Crippen molar-refractivity contribution in [2.24, 2.45) is 32.9 Å². The summed E-state index contributed by atoms with van der Waals surface area (Å²) in [6, 6.07) is 19.1. The van der Waals surface area contributed by atoms with Crippen LogP contribution in [0.15, 0.2) is 88.9 Å². The van der Waals surface area contributed by atoms with Crippen LogP contribution in [-0.2, 0) is 27.2 Å². The number of nitrogens with two attached hydrogens (primary N) is 4. The van der Waals surface area contributed by atoms with Gasteiger partial charge in [-0.05, 0) is 59.7 Å². The maximum Gasteiger partial charge on any atom is 0.243 e. The van der Waals surface area contributed by atoms with Crippen molar-refractivity contribution in [3.8, 4) is 5.75 Å². The minimum absolute atomic E-state index is 0.0209. The van der Waals surface area contributed by atoms with Crippen LogP contribution < -0.4 is 28.3 Å². The molecule has 1 unspecified atom stereocenters. The lowest BCUT2D eigenvalue weighted by molar-refractivity contribution is -0.140. The van der Waals surface area contributed by atoms with Crippen LogP contribution in [0.25, 0.3) is 10.8 Å². The van der Waals surface area contributed by atoms with Gasteiger partial charge in [0.2, 0.25) is 17.7 Å². The van der Waals surface area contributed by atoms with E-state index in [1.165, 1.54) is 12.1 Å². The Bertz CT molecular complexity index is 1660. The summed E-state index contributed by atoms with van der Waals surface area (Å²) in [6.07, 6.45) is 5.72. The van der Waals surface area contributed by atoms with Gasteiger partial charge < -0.3 is 43.2 Å². The van der Waals surface area contributed by atoms with Crippen molar-refractivity contribution >= 4 is 40.4 Å². The van der Waals surface area contributed by atoms with Crippen LogP contribution in [0.2, 0.25) is 0 Å².